The molecule has 2 N–H and O–H groups in total. The van der Waals surface area contributed by atoms with Crippen LogP contribution >= 0.6 is 0 Å². The molecule has 1 aromatic carbocycles. The van der Waals surface area contributed by atoms with Gasteiger partial charge >= 0.3 is 0 Å². The van der Waals surface area contributed by atoms with Crippen molar-refractivity contribution in [3.63, 3.8) is 0 Å². The van der Waals surface area contributed by atoms with Crippen molar-refractivity contribution in [3.8, 4) is 5.75 Å². The molecule has 0 spiro atoms. The number of furan rings is 1. The molecule has 2 aromatic rings. The summed E-state index contributed by atoms with van der Waals surface area (Å²) in [5, 5.41) is 6.71. The number of aliphatic imine (C=N–C) groups is 1. The standard InChI is InChI=1S/C20H28N4O2/c1-21-20(22-11-15-25-17-8-3-2-4-9-17)23-16-18(19-10-7-14-26-19)24-12-5-6-13-24/h2-4,7-10,14,18H,5-6,11-13,15-16H2,1H3,(H2,21,22,23). The summed E-state index contributed by atoms with van der Waals surface area (Å²) in [7, 11) is 1.78. The Labute approximate surface area is 155 Å². The van der Waals surface area contributed by atoms with Crippen molar-refractivity contribution in [1.82, 2.24) is 15.5 Å². The first-order chi connectivity index (χ1) is 12.9. The van der Waals surface area contributed by atoms with E-state index in [2.05, 4.69) is 26.6 Å². The number of nitrogens with zero attached hydrogens (tertiary/aromatic N) is 2. The molecule has 0 radical (unpaired) electrons. The molecule has 6 heteroatoms. The van der Waals surface area contributed by atoms with Crippen LogP contribution in [0.2, 0.25) is 0 Å². The average Bonchev–Trinajstić information content (AvgIpc) is 3.39. The lowest BCUT2D eigenvalue weighted by Gasteiger charge is -2.26. The third-order valence-corrected chi connectivity index (χ3v) is 4.55. The summed E-state index contributed by atoms with van der Waals surface area (Å²) in [5.74, 6) is 2.66. The minimum atomic E-state index is 0.228. The second kappa shape index (κ2) is 9.87. The summed E-state index contributed by atoms with van der Waals surface area (Å²) < 4.78 is 11.4. The van der Waals surface area contributed by atoms with Gasteiger partial charge in [0.25, 0.3) is 0 Å². The number of ether oxygens (including phenoxy) is 1. The van der Waals surface area contributed by atoms with Gasteiger partial charge in [-0.25, -0.2) is 0 Å². The van der Waals surface area contributed by atoms with E-state index >= 15 is 0 Å². The summed E-state index contributed by atoms with van der Waals surface area (Å²) in [4.78, 5) is 6.77. The molecule has 0 bridgehead atoms. The van der Waals surface area contributed by atoms with E-state index in [9.17, 15) is 0 Å². The SMILES string of the molecule is CN=C(NCCOc1ccccc1)NCC(c1ccco1)N1CCCC1. The number of benzene rings is 1. The van der Waals surface area contributed by atoms with E-state index in [-0.39, 0.29) is 6.04 Å². The molecule has 1 aromatic heterocycles. The molecule has 1 unspecified atom stereocenters. The van der Waals surface area contributed by atoms with E-state index in [0.29, 0.717) is 13.2 Å². The highest BCUT2D eigenvalue weighted by molar-refractivity contribution is 5.79. The molecule has 0 saturated carbocycles. The molecular weight excluding hydrogens is 328 g/mol. The van der Waals surface area contributed by atoms with Crippen molar-refractivity contribution in [2.24, 2.45) is 4.99 Å². The third-order valence-electron chi connectivity index (χ3n) is 4.55. The number of para-hydroxylation sites is 1. The van der Waals surface area contributed by atoms with Crippen LogP contribution in [-0.2, 0) is 0 Å². The van der Waals surface area contributed by atoms with Crippen LogP contribution in [-0.4, -0.2) is 50.7 Å². The molecule has 1 aliphatic heterocycles. The maximum atomic E-state index is 5.70. The Balaban J connectivity index is 1.44. The third kappa shape index (κ3) is 5.26. The zero-order chi connectivity index (χ0) is 18.0. The Bertz CT molecular complexity index is 652. The molecule has 26 heavy (non-hydrogen) atoms. The van der Waals surface area contributed by atoms with E-state index in [0.717, 1.165) is 37.1 Å². The maximum Gasteiger partial charge on any atom is 0.191 e. The fourth-order valence-electron chi connectivity index (χ4n) is 3.21. The van der Waals surface area contributed by atoms with Gasteiger partial charge in [0, 0.05) is 13.6 Å². The summed E-state index contributed by atoms with van der Waals surface area (Å²) in [6.07, 6.45) is 4.24. The second-order valence-electron chi connectivity index (χ2n) is 6.32. The molecule has 1 aliphatic rings. The zero-order valence-corrected chi connectivity index (χ0v) is 15.4. The van der Waals surface area contributed by atoms with E-state index < -0.39 is 0 Å². The molecule has 3 rings (SSSR count). The molecule has 140 valence electrons. The van der Waals surface area contributed by atoms with E-state index in [1.807, 2.05) is 36.4 Å². The van der Waals surface area contributed by atoms with Crippen LogP contribution < -0.4 is 15.4 Å². The summed E-state index contributed by atoms with van der Waals surface area (Å²) in [6.45, 7) is 4.25. The van der Waals surface area contributed by atoms with Gasteiger partial charge in [-0.15, -0.1) is 0 Å². The lowest BCUT2D eigenvalue weighted by atomic mass is 10.2. The molecule has 0 amide bonds. The van der Waals surface area contributed by atoms with Gasteiger partial charge in [-0.3, -0.25) is 9.89 Å². The maximum absolute atomic E-state index is 5.70. The van der Waals surface area contributed by atoms with Gasteiger partial charge in [0.2, 0.25) is 0 Å². The van der Waals surface area contributed by atoms with Gasteiger partial charge in [-0.05, 0) is 50.2 Å². The number of guanidine groups is 1. The van der Waals surface area contributed by atoms with Gasteiger partial charge in [-0.1, -0.05) is 18.2 Å². The number of likely N-dealkylation sites (tertiary alicyclic amines) is 1. The smallest absolute Gasteiger partial charge is 0.191 e. The molecular formula is C20H28N4O2. The predicted octanol–water partition coefficient (Wildman–Crippen LogP) is 2.66. The lowest BCUT2D eigenvalue weighted by molar-refractivity contribution is 0.215. The number of hydrogen-bond donors (Lipinski definition) is 2. The molecule has 0 aliphatic carbocycles. The monoisotopic (exact) mass is 356 g/mol. The fourth-order valence-corrected chi connectivity index (χ4v) is 3.21. The van der Waals surface area contributed by atoms with Crippen LogP contribution in [0, 0.1) is 0 Å². The quantitative estimate of drug-likeness (QED) is 0.433. The summed E-state index contributed by atoms with van der Waals surface area (Å²) >= 11 is 0. The van der Waals surface area contributed by atoms with Gasteiger partial charge < -0.3 is 19.8 Å². The van der Waals surface area contributed by atoms with Crippen LogP contribution in [0.5, 0.6) is 5.75 Å². The highest BCUT2D eigenvalue weighted by Gasteiger charge is 2.25. The van der Waals surface area contributed by atoms with Crippen LogP contribution in [0.3, 0.4) is 0 Å². The largest absolute Gasteiger partial charge is 0.492 e. The van der Waals surface area contributed by atoms with E-state index in [1.54, 1.807) is 13.3 Å². The lowest BCUT2D eigenvalue weighted by Crippen LogP contribution is -2.43. The topological polar surface area (TPSA) is 62.0 Å². The Morgan fingerprint density at radius 3 is 2.65 bits per heavy atom. The van der Waals surface area contributed by atoms with Crippen molar-refractivity contribution in [1.29, 1.82) is 0 Å². The van der Waals surface area contributed by atoms with Crippen LogP contribution in [0.15, 0.2) is 58.1 Å². The van der Waals surface area contributed by atoms with Crippen molar-refractivity contribution >= 4 is 5.96 Å². The van der Waals surface area contributed by atoms with Crippen molar-refractivity contribution in [3.05, 3.63) is 54.5 Å². The molecule has 1 fully saturated rings. The van der Waals surface area contributed by atoms with Crippen molar-refractivity contribution < 1.29 is 9.15 Å². The van der Waals surface area contributed by atoms with Crippen molar-refractivity contribution in [2.75, 3.05) is 39.8 Å². The first-order valence-electron chi connectivity index (χ1n) is 9.26. The van der Waals surface area contributed by atoms with Gasteiger partial charge in [0.15, 0.2) is 5.96 Å². The fraction of sp³-hybridized carbons (Fsp3) is 0.450. The predicted molar refractivity (Wildman–Crippen MR) is 104 cm³/mol. The first kappa shape index (κ1) is 18.3. The molecule has 2 heterocycles. The number of hydrogen-bond acceptors (Lipinski definition) is 4. The number of nitrogens with one attached hydrogen (secondary N) is 2. The summed E-state index contributed by atoms with van der Waals surface area (Å²) in [5.41, 5.74) is 0. The zero-order valence-electron chi connectivity index (χ0n) is 15.4. The molecule has 6 nitrogen and oxygen atoms in total. The minimum absolute atomic E-state index is 0.228. The Hall–Kier alpha value is -2.47. The Kier molecular flexibility index (Phi) is 6.96. The van der Waals surface area contributed by atoms with Crippen LogP contribution in [0.25, 0.3) is 0 Å². The van der Waals surface area contributed by atoms with Gasteiger partial charge in [0.05, 0.1) is 18.8 Å². The Morgan fingerprint density at radius 1 is 1.15 bits per heavy atom. The van der Waals surface area contributed by atoms with Crippen molar-refractivity contribution in [2.45, 2.75) is 18.9 Å². The van der Waals surface area contributed by atoms with Gasteiger partial charge in [-0.2, -0.15) is 0 Å². The second-order valence-corrected chi connectivity index (χ2v) is 6.32. The highest BCUT2D eigenvalue weighted by Crippen LogP contribution is 2.24. The highest BCUT2D eigenvalue weighted by atomic mass is 16.5. The van der Waals surface area contributed by atoms with Crippen LogP contribution in [0.1, 0.15) is 24.6 Å². The minimum Gasteiger partial charge on any atom is -0.492 e. The van der Waals surface area contributed by atoms with E-state index in [4.69, 9.17) is 9.15 Å². The number of rotatable bonds is 8. The summed E-state index contributed by atoms with van der Waals surface area (Å²) in [6, 6.07) is 14.1. The molecule has 1 atom stereocenters. The average molecular weight is 356 g/mol. The first-order valence-corrected chi connectivity index (χ1v) is 9.26. The van der Waals surface area contributed by atoms with Gasteiger partial charge in [0.1, 0.15) is 18.1 Å². The normalized spacial score (nSPS) is 16.4. The Morgan fingerprint density at radius 2 is 1.96 bits per heavy atom. The van der Waals surface area contributed by atoms with Crippen LogP contribution in [0.4, 0.5) is 0 Å². The van der Waals surface area contributed by atoms with E-state index in [1.165, 1.54) is 12.8 Å². The molecule has 1 saturated heterocycles.